The highest BCUT2D eigenvalue weighted by Crippen LogP contribution is 2.48. The molecule has 2 aromatic carbocycles. The van der Waals surface area contributed by atoms with Gasteiger partial charge in [-0.05, 0) is 38.4 Å². The number of benzene rings is 2. The smallest absolute Gasteiger partial charge is 0.263 e. The van der Waals surface area contributed by atoms with Crippen LogP contribution >= 0.6 is 46.4 Å². The van der Waals surface area contributed by atoms with Gasteiger partial charge in [0.25, 0.3) is 11.8 Å². The monoisotopic (exact) mass is 429 g/mol. The van der Waals surface area contributed by atoms with E-state index >= 15 is 0 Å². The molecular formula is C17H11Cl4N3O2. The van der Waals surface area contributed by atoms with Crippen molar-refractivity contribution in [3.63, 3.8) is 0 Å². The van der Waals surface area contributed by atoms with Gasteiger partial charge < -0.3 is 0 Å². The van der Waals surface area contributed by atoms with Gasteiger partial charge in [-0.2, -0.15) is 0 Å². The number of hydrogen-bond acceptors (Lipinski definition) is 3. The van der Waals surface area contributed by atoms with Crippen LogP contribution < -0.4 is 9.80 Å². The van der Waals surface area contributed by atoms with E-state index in [0.717, 1.165) is 0 Å². The fraction of sp³-hybridized carbons (Fsp3) is 0.176. The summed E-state index contributed by atoms with van der Waals surface area (Å²) >= 11 is 24.9. The van der Waals surface area contributed by atoms with Crippen molar-refractivity contribution >= 4 is 69.6 Å². The van der Waals surface area contributed by atoms with Gasteiger partial charge >= 0.3 is 0 Å². The molecule has 0 atom stereocenters. The summed E-state index contributed by atoms with van der Waals surface area (Å²) in [7, 11) is 3.52. The standard InChI is InChI=1S/C17H11Cl4N3O2/c1-22(2)17-23-13-9(3-7(18)5-11(13)20)15(25)24(17)14-10(16(23)26)4-8(19)6-12(14)21/h3-6,17H,1-2H3. The second kappa shape index (κ2) is 6.01. The Labute approximate surface area is 169 Å². The molecule has 26 heavy (non-hydrogen) atoms. The van der Waals surface area contributed by atoms with E-state index in [1.54, 1.807) is 19.0 Å². The van der Waals surface area contributed by atoms with E-state index in [1.807, 2.05) is 0 Å². The molecule has 9 heteroatoms. The van der Waals surface area contributed by atoms with Crippen LogP contribution in [0.25, 0.3) is 0 Å². The van der Waals surface area contributed by atoms with Crippen molar-refractivity contribution in [2.75, 3.05) is 23.9 Å². The molecule has 0 saturated carbocycles. The average molecular weight is 431 g/mol. The zero-order valence-electron chi connectivity index (χ0n) is 13.6. The van der Waals surface area contributed by atoms with E-state index in [0.29, 0.717) is 21.4 Å². The van der Waals surface area contributed by atoms with Gasteiger partial charge in [-0.25, -0.2) is 0 Å². The van der Waals surface area contributed by atoms with Crippen LogP contribution in [0.5, 0.6) is 0 Å². The number of carbonyl (C=O) groups excluding carboxylic acids is 2. The van der Waals surface area contributed by atoms with Crippen LogP contribution in [0.4, 0.5) is 11.4 Å². The van der Waals surface area contributed by atoms with Crippen molar-refractivity contribution in [2.45, 2.75) is 6.29 Å². The molecule has 2 aromatic rings. The Balaban J connectivity index is 2.10. The second-order valence-corrected chi connectivity index (χ2v) is 7.92. The van der Waals surface area contributed by atoms with Crippen molar-refractivity contribution < 1.29 is 9.59 Å². The Hall–Kier alpha value is -1.50. The number of anilines is 2. The maximum absolute atomic E-state index is 13.3. The van der Waals surface area contributed by atoms with E-state index in [1.165, 1.54) is 34.1 Å². The number of amides is 2. The van der Waals surface area contributed by atoms with E-state index in [-0.39, 0.29) is 33.0 Å². The van der Waals surface area contributed by atoms with Gasteiger partial charge in [0.1, 0.15) is 0 Å². The number of carbonyl (C=O) groups is 2. The van der Waals surface area contributed by atoms with Crippen LogP contribution in [-0.4, -0.2) is 37.1 Å². The van der Waals surface area contributed by atoms with E-state index < -0.39 is 6.29 Å². The molecule has 2 heterocycles. The summed E-state index contributed by atoms with van der Waals surface area (Å²) in [5, 5.41) is 1.05. The molecule has 0 fully saturated rings. The first-order valence-electron chi connectivity index (χ1n) is 7.54. The first-order valence-corrected chi connectivity index (χ1v) is 9.05. The lowest BCUT2D eigenvalue weighted by molar-refractivity contribution is 0.0861. The zero-order chi connectivity index (χ0) is 18.9. The number of fused-ring (bicyclic) bond motifs is 6. The number of rotatable bonds is 1. The maximum Gasteiger partial charge on any atom is 0.263 e. The lowest BCUT2D eigenvalue weighted by Gasteiger charge is -2.50. The summed E-state index contributed by atoms with van der Waals surface area (Å²) in [6.45, 7) is 0. The van der Waals surface area contributed by atoms with Gasteiger partial charge in [0.2, 0.25) is 0 Å². The topological polar surface area (TPSA) is 43.9 Å². The first-order chi connectivity index (χ1) is 12.2. The van der Waals surface area contributed by atoms with Crippen LogP contribution in [0, 0.1) is 0 Å². The first kappa shape index (κ1) is 17.9. The van der Waals surface area contributed by atoms with Crippen molar-refractivity contribution in [2.24, 2.45) is 0 Å². The third kappa shape index (κ3) is 2.35. The molecule has 0 saturated heterocycles. The van der Waals surface area contributed by atoms with Crippen LogP contribution in [-0.2, 0) is 0 Å². The van der Waals surface area contributed by atoms with Gasteiger partial charge in [-0.15, -0.1) is 0 Å². The lowest BCUT2D eigenvalue weighted by Crippen LogP contribution is -2.66. The molecule has 0 aliphatic carbocycles. The average Bonchev–Trinajstić information content (AvgIpc) is 2.54. The number of halogens is 4. The summed E-state index contributed by atoms with van der Waals surface area (Å²) in [5.74, 6) is -0.699. The third-order valence-electron chi connectivity index (χ3n) is 4.36. The number of nitrogens with zero attached hydrogens (tertiary/aromatic N) is 3. The summed E-state index contributed by atoms with van der Waals surface area (Å²) in [6, 6.07) is 6.01. The molecule has 0 spiro atoms. The molecule has 2 amide bonds. The predicted octanol–water partition coefficient (Wildman–Crippen LogP) is 4.77. The normalized spacial score (nSPS) is 16.3. The van der Waals surface area contributed by atoms with Crippen LogP contribution in [0.1, 0.15) is 20.7 Å². The van der Waals surface area contributed by atoms with Gasteiger partial charge in [0, 0.05) is 10.0 Å². The molecule has 0 radical (unpaired) electrons. The Morgan fingerprint density at radius 3 is 1.50 bits per heavy atom. The summed E-state index contributed by atoms with van der Waals surface area (Å²) in [5.41, 5.74) is 1.13. The highest BCUT2D eigenvalue weighted by atomic mass is 35.5. The highest BCUT2D eigenvalue weighted by Gasteiger charge is 2.50. The minimum absolute atomic E-state index is 0.220. The van der Waals surface area contributed by atoms with Crippen molar-refractivity contribution in [3.05, 3.63) is 55.5 Å². The van der Waals surface area contributed by atoms with Crippen molar-refractivity contribution in [3.8, 4) is 0 Å². The molecular weight excluding hydrogens is 420 g/mol. The van der Waals surface area contributed by atoms with E-state index in [9.17, 15) is 9.59 Å². The van der Waals surface area contributed by atoms with Gasteiger partial charge in [-0.3, -0.25) is 24.3 Å². The highest BCUT2D eigenvalue weighted by molar-refractivity contribution is 6.42. The van der Waals surface area contributed by atoms with E-state index in [2.05, 4.69) is 0 Å². The summed E-state index contributed by atoms with van der Waals surface area (Å²) < 4.78 is 0. The van der Waals surface area contributed by atoms with Crippen LogP contribution in [0.3, 0.4) is 0 Å². The van der Waals surface area contributed by atoms with E-state index in [4.69, 9.17) is 46.4 Å². The van der Waals surface area contributed by atoms with Crippen LogP contribution in [0.15, 0.2) is 24.3 Å². The molecule has 0 N–H and O–H groups in total. The maximum atomic E-state index is 13.3. The van der Waals surface area contributed by atoms with Crippen molar-refractivity contribution in [1.82, 2.24) is 4.90 Å². The minimum Gasteiger partial charge on any atom is -0.272 e. The minimum atomic E-state index is -0.715. The Bertz CT molecular complexity index is 917. The fourth-order valence-corrected chi connectivity index (χ4v) is 4.60. The predicted molar refractivity (Wildman–Crippen MR) is 104 cm³/mol. The number of hydrogen-bond donors (Lipinski definition) is 0. The van der Waals surface area contributed by atoms with Gasteiger partial charge in [-0.1, -0.05) is 46.4 Å². The Kier molecular flexibility index (Phi) is 4.13. The molecule has 134 valence electrons. The molecule has 2 aliphatic rings. The fourth-order valence-electron chi connectivity index (χ4n) is 3.43. The lowest BCUT2D eigenvalue weighted by atomic mass is 9.98. The Morgan fingerprint density at radius 2 is 1.15 bits per heavy atom. The molecule has 2 bridgehead atoms. The van der Waals surface area contributed by atoms with Gasteiger partial charge in [0.15, 0.2) is 6.29 Å². The SMILES string of the molecule is CN(C)C1N2C(=O)c3cc(Cl)cc(Cl)c3N1C(=O)c1cc(Cl)cc(Cl)c12. The zero-order valence-corrected chi connectivity index (χ0v) is 16.6. The second-order valence-electron chi connectivity index (χ2n) is 6.23. The molecule has 4 rings (SSSR count). The summed E-state index contributed by atoms with van der Waals surface area (Å²) in [6.07, 6.45) is -0.715. The molecule has 0 unspecified atom stereocenters. The molecule has 2 aliphatic heterocycles. The van der Waals surface area contributed by atoms with Crippen LogP contribution in [0.2, 0.25) is 20.1 Å². The largest absolute Gasteiger partial charge is 0.272 e. The third-order valence-corrected chi connectivity index (χ3v) is 5.37. The Morgan fingerprint density at radius 1 is 0.769 bits per heavy atom. The van der Waals surface area contributed by atoms with Gasteiger partial charge in [0.05, 0.1) is 32.5 Å². The molecule has 5 nitrogen and oxygen atoms in total. The summed E-state index contributed by atoms with van der Waals surface area (Å²) in [4.78, 5) is 31.3. The van der Waals surface area contributed by atoms with Crippen molar-refractivity contribution in [1.29, 1.82) is 0 Å². The molecule has 0 aromatic heterocycles. The quantitative estimate of drug-likeness (QED) is 0.654.